The lowest BCUT2D eigenvalue weighted by atomic mass is 10.2. The van der Waals surface area contributed by atoms with Crippen LogP contribution in [0.4, 0.5) is 5.82 Å². The molecule has 0 saturated carbocycles. The van der Waals surface area contributed by atoms with E-state index in [9.17, 15) is 0 Å². The Labute approximate surface area is 124 Å². The van der Waals surface area contributed by atoms with Gasteiger partial charge in [-0.1, -0.05) is 13.3 Å². The minimum Gasteiger partial charge on any atom is -0.369 e. The molecule has 3 rings (SSSR count). The molecule has 0 spiro atoms. The molecule has 0 aromatic carbocycles. The number of rotatable bonds is 5. The van der Waals surface area contributed by atoms with Crippen molar-refractivity contribution in [2.75, 3.05) is 11.9 Å². The van der Waals surface area contributed by atoms with Crippen LogP contribution in [0.2, 0.25) is 0 Å². The van der Waals surface area contributed by atoms with Crippen molar-refractivity contribution in [2.45, 2.75) is 26.7 Å². The van der Waals surface area contributed by atoms with Crippen LogP contribution in [0, 0.1) is 6.92 Å². The molecule has 3 heterocycles. The Morgan fingerprint density at radius 3 is 2.95 bits per heavy atom. The molecule has 4 nitrogen and oxygen atoms in total. The number of unbranched alkanes of at least 4 members (excludes halogenated alkanes) is 1. The fourth-order valence-corrected chi connectivity index (χ4v) is 2.40. The summed E-state index contributed by atoms with van der Waals surface area (Å²) in [6.45, 7) is 5.23. The molecule has 0 fully saturated rings. The summed E-state index contributed by atoms with van der Waals surface area (Å²) in [5.74, 6) is 1.05. The van der Waals surface area contributed by atoms with Gasteiger partial charge in [-0.3, -0.25) is 9.38 Å². The van der Waals surface area contributed by atoms with Crippen molar-refractivity contribution >= 4 is 11.5 Å². The molecule has 4 heteroatoms. The first-order chi connectivity index (χ1) is 10.3. The predicted molar refractivity (Wildman–Crippen MR) is 86.6 cm³/mol. The predicted octanol–water partition coefficient (Wildman–Crippen LogP) is 3.92. The number of hydrogen-bond donors (Lipinski definition) is 1. The highest BCUT2D eigenvalue weighted by Gasteiger charge is 2.13. The Balaban J connectivity index is 2.10. The van der Waals surface area contributed by atoms with Crippen molar-refractivity contribution in [3.63, 3.8) is 0 Å². The molecule has 0 aliphatic heterocycles. The van der Waals surface area contributed by atoms with E-state index in [0.717, 1.165) is 35.7 Å². The molecular weight excluding hydrogens is 260 g/mol. The lowest BCUT2D eigenvalue weighted by Crippen LogP contribution is -2.04. The number of nitrogens with one attached hydrogen (secondary N) is 1. The number of pyridine rings is 2. The van der Waals surface area contributed by atoms with E-state index in [-0.39, 0.29) is 0 Å². The molecule has 108 valence electrons. The highest BCUT2D eigenvalue weighted by atomic mass is 15.1. The van der Waals surface area contributed by atoms with Crippen LogP contribution < -0.4 is 5.32 Å². The summed E-state index contributed by atoms with van der Waals surface area (Å²) in [4.78, 5) is 8.99. The van der Waals surface area contributed by atoms with Crippen molar-refractivity contribution in [3.8, 4) is 11.3 Å². The average Bonchev–Trinajstić information content (AvgIpc) is 2.86. The zero-order chi connectivity index (χ0) is 14.7. The number of nitrogens with zero attached hydrogens (tertiary/aromatic N) is 3. The van der Waals surface area contributed by atoms with Crippen LogP contribution in [0.25, 0.3) is 16.9 Å². The summed E-state index contributed by atoms with van der Waals surface area (Å²) >= 11 is 0. The molecule has 0 amide bonds. The van der Waals surface area contributed by atoms with Crippen LogP contribution >= 0.6 is 0 Å². The smallest absolute Gasteiger partial charge is 0.139 e. The SMILES string of the molecule is CCCCNc1c(-c2cccnc2)nc2cc(C)ccn12. The maximum Gasteiger partial charge on any atom is 0.139 e. The fraction of sp³-hybridized carbons (Fsp3) is 0.294. The minimum atomic E-state index is 0.950. The van der Waals surface area contributed by atoms with Crippen LogP contribution in [-0.2, 0) is 0 Å². The second-order valence-electron chi connectivity index (χ2n) is 5.26. The molecular formula is C17H20N4. The summed E-state index contributed by atoms with van der Waals surface area (Å²) in [6.07, 6.45) is 8.04. The first kappa shape index (κ1) is 13.6. The van der Waals surface area contributed by atoms with E-state index >= 15 is 0 Å². The van der Waals surface area contributed by atoms with Crippen LogP contribution in [0.3, 0.4) is 0 Å². The number of aryl methyl sites for hydroxylation is 1. The van der Waals surface area contributed by atoms with Gasteiger partial charge in [-0.05, 0) is 43.2 Å². The van der Waals surface area contributed by atoms with Gasteiger partial charge in [0.1, 0.15) is 17.2 Å². The van der Waals surface area contributed by atoms with Gasteiger partial charge >= 0.3 is 0 Å². The largest absolute Gasteiger partial charge is 0.369 e. The van der Waals surface area contributed by atoms with Crippen molar-refractivity contribution in [2.24, 2.45) is 0 Å². The first-order valence-electron chi connectivity index (χ1n) is 7.42. The molecule has 0 atom stereocenters. The Bertz CT molecular complexity index is 731. The third-order valence-corrected chi connectivity index (χ3v) is 3.54. The highest BCUT2D eigenvalue weighted by Crippen LogP contribution is 2.28. The van der Waals surface area contributed by atoms with Crippen LogP contribution in [0.5, 0.6) is 0 Å². The normalized spacial score (nSPS) is 11.0. The van der Waals surface area contributed by atoms with Gasteiger partial charge in [0.15, 0.2) is 0 Å². The Hall–Kier alpha value is -2.36. The van der Waals surface area contributed by atoms with Gasteiger partial charge in [0.25, 0.3) is 0 Å². The Kier molecular flexibility index (Phi) is 3.86. The monoisotopic (exact) mass is 280 g/mol. The molecule has 0 aliphatic carbocycles. The lowest BCUT2D eigenvalue weighted by molar-refractivity contribution is 0.830. The van der Waals surface area contributed by atoms with Crippen LogP contribution in [0.1, 0.15) is 25.3 Å². The molecule has 0 aliphatic rings. The molecule has 3 aromatic rings. The summed E-state index contributed by atoms with van der Waals surface area (Å²) in [6, 6.07) is 8.20. The van der Waals surface area contributed by atoms with Gasteiger partial charge < -0.3 is 5.32 Å². The van der Waals surface area contributed by atoms with E-state index in [1.165, 1.54) is 12.0 Å². The third-order valence-electron chi connectivity index (χ3n) is 3.54. The minimum absolute atomic E-state index is 0.950. The number of imidazole rings is 1. The Morgan fingerprint density at radius 1 is 1.29 bits per heavy atom. The molecule has 0 saturated heterocycles. The lowest BCUT2D eigenvalue weighted by Gasteiger charge is -2.08. The molecule has 21 heavy (non-hydrogen) atoms. The first-order valence-corrected chi connectivity index (χ1v) is 7.42. The molecule has 1 N–H and O–H groups in total. The van der Waals surface area contributed by atoms with E-state index in [0.29, 0.717) is 0 Å². The zero-order valence-corrected chi connectivity index (χ0v) is 12.5. The van der Waals surface area contributed by atoms with Crippen molar-refractivity contribution in [3.05, 3.63) is 48.4 Å². The molecule has 0 radical (unpaired) electrons. The highest BCUT2D eigenvalue weighted by molar-refractivity contribution is 5.76. The van der Waals surface area contributed by atoms with Gasteiger partial charge in [0, 0.05) is 30.7 Å². The van der Waals surface area contributed by atoms with Gasteiger partial charge in [-0.25, -0.2) is 4.98 Å². The third kappa shape index (κ3) is 2.75. The standard InChI is InChI=1S/C17H20N4/c1-3-4-9-19-17-16(14-6-5-8-18-12-14)20-15-11-13(2)7-10-21(15)17/h5-8,10-12,19H,3-4,9H2,1-2H3. The molecule has 0 bridgehead atoms. The second kappa shape index (κ2) is 5.95. The second-order valence-corrected chi connectivity index (χ2v) is 5.26. The Morgan fingerprint density at radius 2 is 2.19 bits per heavy atom. The van der Waals surface area contributed by atoms with E-state index < -0.39 is 0 Å². The van der Waals surface area contributed by atoms with Crippen LogP contribution in [0.15, 0.2) is 42.9 Å². The van der Waals surface area contributed by atoms with Crippen molar-refractivity contribution in [1.29, 1.82) is 0 Å². The quantitative estimate of drug-likeness (QED) is 0.720. The summed E-state index contributed by atoms with van der Waals surface area (Å²) in [5, 5.41) is 3.53. The number of fused-ring (bicyclic) bond motifs is 1. The number of aromatic nitrogens is 3. The van der Waals surface area contributed by atoms with Gasteiger partial charge in [0.2, 0.25) is 0 Å². The van der Waals surface area contributed by atoms with Crippen molar-refractivity contribution < 1.29 is 0 Å². The molecule has 3 aromatic heterocycles. The maximum atomic E-state index is 4.78. The number of hydrogen-bond acceptors (Lipinski definition) is 3. The molecule has 0 unspecified atom stereocenters. The van der Waals surface area contributed by atoms with E-state index in [1.54, 1.807) is 6.20 Å². The van der Waals surface area contributed by atoms with Crippen molar-refractivity contribution in [1.82, 2.24) is 14.4 Å². The summed E-state index contributed by atoms with van der Waals surface area (Å²) < 4.78 is 2.12. The maximum absolute atomic E-state index is 4.78. The fourth-order valence-electron chi connectivity index (χ4n) is 2.40. The van der Waals surface area contributed by atoms with Gasteiger partial charge in [-0.15, -0.1) is 0 Å². The average molecular weight is 280 g/mol. The van der Waals surface area contributed by atoms with Gasteiger partial charge in [-0.2, -0.15) is 0 Å². The van der Waals surface area contributed by atoms with Crippen LogP contribution in [-0.4, -0.2) is 20.9 Å². The van der Waals surface area contributed by atoms with Gasteiger partial charge in [0.05, 0.1) is 0 Å². The zero-order valence-electron chi connectivity index (χ0n) is 12.5. The summed E-state index contributed by atoms with van der Waals surface area (Å²) in [7, 11) is 0. The van der Waals surface area contributed by atoms with E-state index in [2.05, 4.69) is 46.9 Å². The summed E-state index contributed by atoms with van der Waals surface area (Å²) in [5.41, 5.74) is 4.18. The number of anilines is 1. The van der Waals surface area contributed by atoms with E-state index in [4.69, 9.17) is 4.98 Å². The van der Waals surface area contributed by atoms with E-state index in [1.807, 2.05) is 18.3 Å². The topological polar surface area (TPSA) is 42.2 Å².